The largest absolute Gasteiger partial charge is 0.339 e. The Morgan fingerprint density at radius 3 is 2.95 bits per heavy atom. The Morgan fingerprint density at radius 2 is 2.14 bits per heavy atom. The first-order valence-electron chi connectivity index (χ1n) is 7.81. The van der Waals surface area contributed by atoms with Crippen molar-refractivity contribution in [3.8, 4) is 0 Å². The highest BCUT2D eigenvalue weighted by atomic mass is 16.5. The molecule has 21 heavy (non-hydrogen) atoms. The fourth-order valence-electron chi connectivity index (χ4n) is 3.00. The van der Waals surface area contributed by atoms with Gasteiger partial charge in [0.2, 0.25) is 5.89 Å². The summed E-state index contributed by atoms with van der Waals surface area (Å²) in [6.07, 6.45) is 9.00. The third kappa shape index (κ3) is 3.47. The first kappa shape index (κ1) is 14.2. The predicted octanol–water partition coefficient (Wildman–Crippen LogP) is 2.69. The molecule has 2 aromatic heterocycles. The average molecular weight is 286 g/mol. The van der Waals surface area contributed by atoms with Gasteiger partial charge in [-0.2, -0.15) is 4.98 Å². The molecule has 1 fully saturated rings. The Hall–Kier alpha value is -1.75. The fraction of sp³-hybridized carbons (Fsp3) is 0.562. The van der Waals surface area contributed by atoms with Crippen LogP contribution in [0.1, 0.15) is 55.8 Å². The van der Waals surface area contributed by atoms with E-state index in [1.54, 1.807) is 12.4 Å². The van der Waals surface area contributed by atoms with Gasteiger partial charge in [0, 0.05) is 24.9 Å². The standard InChI is InChI=1S/C16H22N4O/c1-2-8-18-14-5-3-4-13(14)16-19-15(20-21-16)11-12-6-9-17-10-7-12/h6-7,9-10,13-14,18H,2-5,8,11H2,1H3. The maximum atomic E-state index is 5.51. The Balaban J connectivity index is 1.66. The summed E-state index contributed by atoms with van der Waals surface area (Å²) in [4.78, 5) is 8.63. The van der Waals surface area contributed by atoms with Crippen LogP contribution in [0.25, 0.3) is 0 Å². The highest BCUT2D eigenvalue weighted by Gasteiger charge is 2.32. The Kier molecular flexibility index (Phi) is 4.60. The first-order chi connectivity index (χ1) is 10.4. The van der Waals surface area contributed by atoms with Gasteiger partial charge in [0.1, 0.15) is 0 Å². The minimum Gasteiger partial charge on any atom is -0.339 e. The quantitative estimate of drug-likeness (QED) is 0.884. The molecular formula is C16H22N4O. The van der Waals surface area contributed by atoms with Crippen LogP contribution < -0.4 is 5.32 Å². The molecular weight excluding hydrogens is 264 g/mol. The minimum absolute atomic E-state index is 0.371. The maximum Gasteiger partial charge on any atom is 0.231 e. The monoisotopic (exact) mass is 286 g/mol. The van der Waals surface area contributed by atoms with Crippen LogP contribution in [0.3, 0.4) is 0 Å². The zero-order valence-electron chi connectivity index (χ0n) is 12.5. The molecule has 1 aliphatic rings. The fourth-order valence-corrected chi connectivity index (χ4v) is 3.00. The van der Waals surface area contributed by atoms with Gasteiger partial charge in [-0.25, -0.2) is 0 Å². The van der Waals surface area contributed by atoms with E-state index in [4.69, 9.17) is 4.52 Å². The molecule has 2 heterocycles. The zero-order chi connectivity index (χ0) is 14.5. The molecule has 0 bridgehead atoms. The van der Waals surface area contributed by atoms with E-state index in [0.717, 1.165) is 36.7 Å². The van der Waals surface area contributed by atoms with Gasteiger partial charge in [-0.15, -0.1) is 0 Å². The third-order valence-electron chi connectivity index (χ3n) is 4.09. The molecule has 2 aromatic rings. The summed E-state index contributed by atoms with van der Waals surface area (Å²) >= 11 is 0. The Bertz CT molecular complexity index is 554. The first-order valence-corrected chi connectivity index (χ1v) is 7.81. The lowest BCUT2D eigenvalue weighted by Crippen LogP contribution is -2.31. The second-order valence-electron chi connectivity index (χ2n) is 5.68. The molecule has 5 nitrogen and oxygen atoms in total. The number of pyridine rings is 1. The van der Waals surface area contributed by atoms with Crippen molar-refractivity contribution >= 4 is 0 Å². The molecule has 2 unspecified atom stereocenters. The van der Waals surface area contributed by atoms with E-state index in [9.17, 15) is 0 Å². The molecule has 1 saturated carbocycles. The van der Waals surface area contributed by atoms with Gasteiger partial charge in [0.05, 0.1) is 5.92 Å². The van der Waals surface area contributed by atoms with Crippen LogP contribution in [0, 0.1) is 0 Å². The molecule has 112 valence electrons. The predicted molar refractivity (Wildman–Crippen MR) is 80.0 cm³/mol. The maximum absolute atomic E-state index is 5.51. The number of nitrogens with one attached hydrogen (secondary N) is 1. The van der Waals surface area contributed by atoms with Crippen molar-refractivity contribution in [2.45, 2.75) is 51.0 Å². The van der Waals surface area contributed by atoms with Crippen molar-refractivity contribution in [3.63, 3.8) is 0 Å². The van der Waals surface area contributed by atoms with Gasteiger partial charge in [0.25, 0.3) is 0 Å². The summed E-state index contributed by atoms with van der Waals surface area (Å²) in [6, 6.07) is 4.45. The molecule has 2 atom stereocenters. The van der Waals surface area contributed by atoms with E-state index in [2.05, 4.69) is 27.4 Å². The number of nitrogens with zero attached hydrogens (tertiary/aromatic N) is 3. The van der Waals surface area contributed by atoms with E-state index in [1.165, 1.54) is 12.8 Å². The Morgan fingerprint density at radius 1 is 1.29 bits per heavy atom. The molecule has 0 spiro atoms. The van der Waals surface area contributed by atoms with E-state index >= 15 is 0 Å². The van der Waals surface area contributed by atoms with E-state index in [1.807, 2.05) is 12.1 Å². The lowest BCUT2D eigenvalue weighted by molar-refractivity contribution is 0.328. The summed E-state index contributed by atoms with van der Waals surface area (Å²) in [5.41, 5.74) is 1.16. The van der Waals surface area contributed by atoms with Crippen LogP contribution in [0.4, 0.5) is 0 Å². The molecule has 0 radical (unpaired) electrons. The number of rotatable bonds is 6. The second-order valence-corrected chi connectivity index (χ2v) is 5.68. The summed E-state index contributed by atoms with van der Waals surface area (Å²) in [5, 5.41) is 7.74. The van der Waals surface area contributed by atoms with E-state index in [0.29, 0.717) is 18.4 Å². The van der Waals surface area contributed by atoms with Gasteiger partial charge in [-0.3, -0.25) is 4.98 Å². The van der Waals surface area contributed by atoms with Crippen molar-refractivity contribution in [1.29, 1.82) is 0 Å². The molecule has 1 N–H and O–H groups in total. The minimum atomic E-state index is 0.371. The highest BCUT2D eigenvalue weighted by Crippen LogP contribution is 2.33. The Labute approximate surface area is 125 Å². The molecule has 0 aromatic carbocycles. The topological polar surface area (TPSA) is 63.8 Å². The molecule has 0 saturated heterocycles. The molecule has 1 aliphatic carbocycles. The van der Waals surface area contributed by atoms with Crippen LogP contribution >= 0.6 is 0 Å². The SMILES string of the molecule is CCCNC1CCCC1c1nc(Cc2ccncc2)no1. The molecule has 5 heteroatoms. The van der Waals surface area contributed by atoms with Crippen molar-refractivity contribution in [2.24, 2.45) is 0 Å². The van der Waals surface area contributed by atoms with E-state index in [-0.39, 0.29) is 0 Å². The average Bonchev–Trinajstić information content (AvgIpc) is 3.15. The van der Waals surface area contributed by atoms with Gasteiger partial charge in [-0.05, 0) is 43.5 Å². The molecule has 0 amide bonds. The van der Waals surface area contributed by atoms with Crippen molar-refractivity contribution in [2.75, 3.05) is 6.54 Å². The normalized spacial score (nSPS) is 21.8. The van der Waals surface area contributed by atoms with Crippen LogP contribution in [-0.2, 0) is 6.42 Å². The van der Waals surface area contributed by atoms with Gasteiger partial charge < -0.3 is 9.84 Å². The van der Waals surface area contributed by atoms with Crippen molar-refractivity contribution in [1.82, 2.24) is 20.4 Å². The second kappa shape index (κ2) is 6.80. The van der Waals surface area contributed by atoms with Crippen LogP contribution in [0.15, 0.2) is 29.0 Å². The van der Waals surface area contributed by atoms with Crippen LogP contribution in [0.5, 0.6) is 0 Å². The summed E-state index contributed by atoms with van der Waals surface area (Å²) in [5.74, 6) is 1.93. The summed E-state index contributed by atoms with van der Waals surface area (Å²) < 4.78 is 5.51. The van der Waals surface area contributed by atoms with Crippen LogP contribution in [0.2, 0.25) is 0 Å². The van der Waals surface area contributed by atoms with Crippen molar-refractivity contribution < 1.29 is 4.52 Å². The number of hydrogen-bond acceptors (Lipinski definition) is 5. The lowest BCUT2D eigenvalue weighted by Gasteiger charge is -2.17. The zero-order valence-corrected chi connectivity index (χ0v) is 12.5. The number of aromatic nitrogens is 3. The highest BCUT2D eigenvalue weighted by molar-refractivity contribution is 5.15. The van der Waals surface area contributed by atoms with Crippen LogP contribution in [-0.4, -0.2) is 27.7 Å². The van der Waals surface area contributed by atoms with E-state index < -0.39 is 0 Å². The third-order valence-corrected chi connectivity index (χ3v) is 4.09. The summed E-state index contributed by atoms with van der Waals surface area (Å²) in [7, 11) is 0. The molecule has 0 aliphatic heterocycles. The smallest absolute Gasteiger partial charge is 0.231 e. The molecule has 3 rings (SSSR count). The van der Waals surface area contributed by atoms with Crippen molar-refractivity contribution in [3.05, 3.63) is 41.8 Å². The number of hydrogen-bond donors (Lipinski definition) is 1. The van der Waals surface area contributed by atoms with Gasteiger partial charge in [-0.1, -0.05) is 18.5 Å². The van der Waals surface area contributed by atoms with Gasteiger partial charge >= 0.3 is 0 Å². The summed E-state index contributed by atoms with van der Waals surface area (Å²) in [6.45, 7) is 3.25. The van der Waals surface area contributed by atoms with Gasteiger partial charge in [0.15, 0.2) is 5.82 Å². The lowest BCUT2D eigenvalue weighted by atomic mass is 10.0.